The number of piperidine rings is 1. The van der Waals surface area contributed by atoms with Gasteiger partial charge in [-0.25, -0.2) is 0 Å². The van der Waals surface area contributed by atoms with Gasteiger partial charge in [0, 0.05) is 13.1 Å². The van der Waals surface area contributed by atoms with Crippen molar-refractivity contribution in [2.45, 2.75) is 32.1 Å². The van der Waals surface area contributed by atoms with Crippen molar-refractivity contribution in [2.75, 3.05) is 18.0 Å². The summed E-state index contributed by atoms with van der Waals surface area (Å²) >= 11 is 0. The van der Waals surface area contributed by atoms with E-state index < -0.39 is 0 Å². The lowest BCUT2D eigenvalue weighted by Crippen LogP contribution is -2.41. The van der Waals surface area contributed by atoms with Crippen LogP contribution in [0.5, 0.6) is 0 Å². The molecule has 0 atom stereocenters. The van der Waals surface area contributed by atoms with E-state index in [1.807, 2.05) is 11.8 Å². The Balaban J connectivity index is 1.56. The molecule has 0 aliphatic carbocycles. The van der Waals surface area contributed by atoms with Crippen LogP contribution < -0.4 is 4.90 Å². The smallest absolute Gasteiger partial charge is 0.266 e. The normalized spacial score (nSPS) is 16.8. The van der Waals surface area contributed by atoms with Crippen molar-refractivity contribution >= 4 is 5.88 Å². The molecule has 1 aliphatic heterocycles. The summed E-state index contributed by atoms with van der Waals surface area (Å²) in [5, 5.41) is 13.3. The van der Waals surface area contributed by atoms with Crippen molar-refractivity contribution in [3.05, 3.63) is 35.8 Å². The van der Waals surface area contributed by atoms with E-state index in [0.717, 1.165) is 12.8 Å². The third-order valence-corrected chi connectivity index (χ3v) is 4.65. The van der Waals surface area contributed by atoms with Gasteiger partial charge in [-0.15, -0.1) is 0 Å². The monoisotopic (exact) mass is 339 g/mol. The summed E-state index contributed by atoms with van der Waals surface area (Å²) in [4.78, 5) is 10.6. The summed E-state index contributed by atoms with van der Waals surface area (Å²) in [7, 11) is 0. The van der Waals surface area contributed by atoms with Crippen LogP contribution in [0.2, 0.25) is 0 Å². The quantitative estimate of drug-likeness (QED) is 0.717. The van der Waals surface area contributed by atoms with E-state index in [0.29, 0.717) is 42.3 Å². The predicted molar refractivity (Wildman–Crippen MR) is 86.8 cm³/mol. The molecule has 0 spiro atoms. The van der Waals surface area contributed by atoms with Crippen LogP contribution in [0.25, 0.3) is 11.7 Å². The second-order valence-electron chi connectivity index (χ2n) is 6.46. The van der Waals surface area contributed by atoms with E-state index in [1.165, 1.54) is 0 Å². The number of aromatic nitrogens is 3. The van der Waals surface area contributed by atoms with Gasteiger partial charge in [0.25, 0.3) is 5.89 Å². The summed E-state index contributed by atoms with van der Waals surface area (Å²) in [6.07, 6.45) is 3.18. The first-order chi connectivity index (χ1) is 12.1. The Kier molecular flexibility index (Phi) is 3.57. The van der Waals surface area contributed by atoms with Gasteiger partial charge in [-0.3, -0.25) is 0 Å². The molecule has 4 rings (SSSR count). The van der Waals surface area contributed by atoms with E-state index in [4.69, 9.17) is 13.4 Å². The third-order valence-electron chi connectivity index (χ3n) is 4.65. The number of oxazole rings is 1. The van der Waals surface area contributed by atoms with Crippen LogP contribution in [0, 0.1) is 18.3 Å². The van der Waals surface area contributed by atoms with Crippen LogP contribution in [0.3, 0.4) is 0 Å². The van der Waals surface area contributed by atoms with Gasteiger partial charge in [-0.2, -0.15) is 15.2 Å². The van der Waals surface area contributed by atoms with Gasteiger partial charge in [-0.05, 0) is 31.9 Å². The molecule has 8 heteroatoms. The fraction of sp³-hybridized carbons (Fsp3) is 0.412. The van der Waals surface area contributed by atoms with Gasteiger partial charge >= 0.3 is 0 Å². The van der Waals surface area contributed by atoms with E-state index >= 15 is 0 Å². The molecule has 0 N–H and O–H groups in total. The lowest BCUT2D eigenvalue weighted by molar-refractivity contribution is 0.249. The Labute approximate surface area is 144 Å². The summed E-state index contributed by atoms with van der Waals surface area (Å²) in [6, 6.07) is 5.61. The average Bonchev–Trinajstić information content (AvgIpc) is 3.35. The molecule has 0 radical (unpaired) electrons. The number of furan rings is 1. The van der Waals surface area contributed by atoms with Crippen LogP contribution in [-0.2, 0) is 5.41 Å². The number of anilines is 1. The number of hydrogen-bond donors (Lipinski definition) is 0. The lowest BCUT2D eigenvalue weighted by atomic mass is 9.80. The summed E-state index contributed by atoms with van der Waals surface area (Å²) in [5.41, 5.74) is 0.0951. The van der Waals surface area contributed by atoms with Crippen LogP contribution in [0.4, 0.5) is 5.88 Å². The van der Waals surface area contributed by atoms with Crippen LogP contribution >= 0.6 is 0 Å². The van der Waals surface area contributed by atoms with E-state index in [1.54, 1.807) is 18.4 Å². The zero-order valence-corrected chi connectivity index (χ0v) is 14.0. The number of nitrogens with zero attached hydrogens (tertiary/aromatic N) is 5. The van der Waals surface area contributed by atoms with Gasteiger partial charge in [0.1, 0.15) is 6.07 Å². The molecular weight excluding hydrogens is 322 g/mol. The highest BCUT2D eigenvalue weighted by Crippen LogP contribution is 2.37. The number of hydrogen-bond acceptors (Lipinski definition) is 8. The van der Waals surface area contributed by atoms with Crippen molar-refractivity contribution in [1.29, 1.82) is 5.26 Å². The molecule has 128 valence electrons. The van der Waals surface area contributed by atoms with Gasteiger partial charge in [0.05, 0.1) is 11.7 Å². The van der Waals surface area contributed by atoms with E-state index in [2.05, 4.69) is 28.1 Å². The van der Waals surface area contributed by atoms with Crippen molar-refractivity contribution in [3.8, 4) is 17.7 Å². The number of aryl methyl sites for hydroxylation is 1. The first-order valence-electron chi connectivity index (χ1n) is 8.09. The van der Waals surface area contributed by atoms with Crippen LogP contribution in [0.15, 0.2) is 31.8 Å². The van der Waals surface area contributed by atoms with Crippen molar-refractivity contribution in [1.82, 2.24) is 15.1 Å². The number of rotatable bonds is 3. The summed E-state index contributed by atoms with van der Waals surface area (Å²) < 4.78 is 16.5. The van der Waals surface area contributed by atoms with E-state index in [9.17, 15) is 5.26 Å². The zero-order chi connectivity index (χ0) is 17.4. The molecule has 0 bridgehead atoms. The molecule has 1 saturated heterocycles. The minimum atomic E-state index is -0.172. The van der Waals surface area contributed by atoms with Crippen LogP contribution in [0.1, 0.15) is 37.2 Å². The molecule has 0 saturated carbocycles. The molecule has 1 fully saturated rings. The minimum absolute atomic E-state index is 0.172. The Morgan fingerprint density at radius 1 is 1.28 bits per heavy atom. The molecule has 3 aromatic heterocycles. The van der Waals surface area contributed by atoms with Gasteiger partial charge in [0.2, 0.25) is 17.5 Å². The molecule has 25 heavy (non-hydrogen) atoms. The number of nitriles is 1. The molecule has 0 unspecified atom stereocenters. The van der Waals surface area contributed by atoms with Gasteiger partial charge < -0.3 is 18.3 Å². The predicted octanol–water partition coefficient (Wildman–Crippen LogP) is 3.06. The maximum atomic E-state index is 9.38. The Bertz CT molecular complexity index is 911. The standard InChI is InChI=1S/C17H17N5O3/c1-11-19-16(25-21-11)17(2)5-7-22(8-6-17)15-12(10-18)20-14(24-15)13-4-3-9-23-13/h3-4,9H,5-8H2,1-2H3. The topological polar surface area (TPSA) is 105 Å². The van der Waals surface area contributed by atoms with Gasteiger partial charge in [0.15, 0.2) is 11.6 Å². The zero-order valence-electron chi connectivity index (χ0n) is 14.0. The summed E-state index contributed by atoms with van der Waals surface area (Å²) in [5.74, 6) is 2.61. The molecule has 4 heterocycles. The molecule has 0 amide bonds. The second-order valence-corrected chi connectivity index (χ2v) is 6.46. The van der Waals surface area contributed by atoms with Crippen molar-refractivity contribution in [3.63, 3.8) is 0 Å². The Hall–Kier alpha value is -3.08. The van der Waals surface area contributed by atoms with Crippen molar-refractivity contribution < 1.29 is 13.4 Å². The highest BCUT2D eigenvalue weighted by atomic mass is 16.5. The minimum Gasteiger partial charge on any atom is -0.459 e. The fourth-order valence-corrected chi connectivity index (χ4v) is 3.06. The largest absolute Gasteiger partial charge is 0.459 e. The molecular formula is C17H17N5O3. The Morgan fingerprint density at radius 3 is 2.68 bits per heavy atom. The average molecular weight is 339 g/mol. The highest BCUT2D eigenvalue weighted by Gasteiger charge is 2.38. The van der Waals surface area contributed by atoms with Crippen molar-refractivity contribution in [2.24, 2.45) is 0 Å². The van der Waals surface area contributed by atoms with Crippen LogP contribution in [-0.4, -0.2) is 28.2 Å². The fourth-order valence-electron chi connectivity index (χ4n) is 3.06. The summed E-state index contributed by atoms with van der Waals surface area (Å²) in [6.45, 7) is 5.35. The SMILES string of the molecule is Cc1noc(C2(C)CCN(c3oc(-c4ccco4)nc3C#N)CC2)n1. The van der Waals surface area contributed by atoms with Gasteiger partial charge in [-0.1, -0.05) is 12.1 Å². The third kappa shape index (κ3) is 2.67. The maximum Gasteiger partial charge on any atom is 0.266 e. The molecule has 0 aromatic carbocycles. The first kappa shape index (κ1) is 15.4. The van der Waals surface area contributed by atoms with E-state index in [-0.39, 0.29) is 11.1 Å². The first-order valence-corrected chi connectivity index (χ1v) is 8.09. The molecule has 8 nitrogen and oxygen atoms in total. The highest BCUT2D eigenvalue weighted by molar-refractivity contribution is 5.55. The molecule has 3 aromatic rings. The Morgan fingerprint density at radius 2 is 2.08 bits per heavy atom. The molecule has 1 aliphatic rings. The maximum absolute atomic E-state index is 9.38. The second kappa shape index (κ2) is 5.77. The lowest BCUT2D eigenvalue weighted by Gasteiger charge is -2.36.